The summed E-state index contributed by atoms with van der Waals surface area (Å²) in [5, 5.41) is 0.640. The normalized spacial score (nSPS) is 9.92. The quantitative estimate of drug-likeness (QED) is 0.780. The second-order valence-electron chi connectivity index (χ2n) is 2.31. The third-order valence-corrected chi connectivity index (χ3v) is 1.82. The van der Waals surface area contributed by atoms with E-state index >= 15 is 0 Å². The molecule has 0 heterocycles. The van der Waals surface area contributed by atoms with Crippen molar-refractivity contribution in [2.24, 2.45) is 5.73 Å². The summed E-state index contributed by atoms with van der Waals surface area (Å²) < 4.78 is 5.23. The molecule has 65 valence electrons. The van der Waals surface area contributed by atoms with Crippen molar-refractivity contribution in [3.8, 4) is 5.75 Å². The molecule has 2 nitrogen and oxygen atoms in total. The zero-order valence-corrected chi connectivity index (χ0v) is 7.69. The van der Waals surface area contributed by atoms with Crippen LogP contribution in [0.15, 0.2) is 12.1 Å². The minimum atomic E-state index is 0.424. The Morgan fingerprint density at radius 2 is 2.42 bits per heavy atom. The van der Waals surface area contributed by atoms with Crippen LogP contribution in [0.2, 0.25) is 5.02 Å². The van der Waals surface area contributed by atoms with E-state index in [-0.39, 0.29) is 0 Å². The summed E-state index contributed by atoms with van der Waals surface area (Å²) >= 11 is 5.83. The Morgan fingerprint density at radius 3 is 3.00 bits per heavy atom. The zero-order chi connectivity index (χ0) is 8.97. The van der Waals surface area contributed by atoms with Gasteiger partial charge in [0, 0.05) is 17.6 Å². The van der Waals surface area contributed by atoms with Crippen molar-refractivity contribution >= 4 is 11.6 Å². The molecular formula is C9H11ClNO. The Kier molecular flexibility index (Phi) is 3.38. The number of rotatable bonds is 3. The van der Waals surface area contributed by atoms with Gasteiger partial charge in [-0.3, -0.25) is 0 Å². The summed E-state index contributed by atoms with van der Waals surface area (Å²) in [6.07, 6.45) is 0. The van der Waals surface area contributed by atoms with Gasteiger partial charge in [-0.1, -0.05) is 11.6 Å². The first-order valence-electron chi connectivity index (χ1n) is 3.81. The van der Waals surface area contributed by atoms with Crippen LogP contribution in [0.3, 0.4) is 0 Å². The van der Waals surface area contributed by atoms with Crippen molar-refractivity contribution in [2.45, 2.75) is 13.5 Å². The van der Waals surface area contributed by atoms with Crippen molar-refractivity contribution < 1.29 is 4.74 Å². The molecule has 0 atom stereocenters. The largest absolute Gasteiger partial charge is 0.493 e. The lowest BCUT2D eigenvalue weighted by Crippen LogP contribution is -1.99. The third-order valence-electron chi connectivity index (χ3n) is 1.47. The molecule has 0 spiro atoms. The monoisotopic (exact) mass is 184 g/mol. The first kappa shape index (κ1) is 9.36. The van der Waals surface area contributed by atoms with E-state index in [2.05, 4.69) is 6.07 Å². The maximum absolute atomic E-state index is 5.83. The van der Waals surface area contributed by atoms with Gasteiger partial charge in [0.05, 0.1) is 6.61 Å². The molecule has 1 radical (unpaired) electrons. The van der Waals surface area contributed by atoms with Crippen LogP contribution >= 0.6 is 11.6 Å². The van der Waals surface area contributed by atoms with Crippen LogP contribution in [0.25, 0.3) is 0 Å². The standard InChI is InChI=1S/C9H11ClNO/c1-2-12-8-3-4-9(10)7(5-8)6-11/h4-5H,2,6,11H2,1H3. The molecule has 0 bridgehead atoms. The average Bonchev–Trinajstić information content (AvgIpc) is 2.09. The molecule has 0 saturated heterocycles. The molecule has 1 rings (SSSR count). The maximum atomic E-state index is 5.83. The highest BCUT2D eigenvalue weighted by molar-refractivity contribution is 6.31. The predicted molar refractivity (Wildman–Crippen MR) is 49.3 cm³/mol. The van der Waals surface area contributed by atoms with Crippen LogP contribution in [-0.2, 0) is 6.54 Å². The Hall–Kier alpha value is -0.730. The Bertz CT molecular complexity index is 263. The molecule has 1 aromatic rings. The number of ether oxygens (including phenoxy) is 1. The van der Waals surface area contributed by atoms with Crippen LogP contribution in [-0.4, -0.2) is 6.61 Å². The fourth-order valence-corrected chi connectivity index (χ4v) is 1.08. The summed E-state index contributed by atoms with van der Waals surface area (Å²) in [4.78, 5) is 0. The number of hydrogen-bond acceptors (Lipinski definition) is 2. The van der Waals surface area contributed by atoms with Gasteiger partial charge >= 0.3 is 0 Å². The molecule has 0 aliphatic heterocycles. The zero-order valence-electron chi connectivity index (χ0n) is 6.93. The van der Waals surface area contributed by atoms with E-state index in [1.165, 1.54) is 0 Å². The van der Waals surface area contributed by atoms with Crippen molar-refractivity contribution in [1.29, 1.82) is 0 Å². The molecular weight excluding hydrogens is 174 g/mol. The SMILES string of the molecule is CCOc1[c]cc(Cl)c(CN)c1. The topological polar surface area (TPSA) is 35.2 Å². The number of nitrogens with two attached hydrogens (primary N) is 1. The molecule has 0 amide bonds. The van der Waals surface area contributed by atoms with Crippen molar-refractivity contribution in [1.82, 2.24) is 0 Å². The van der Waals surface area contributed by atoms with Crippen molar-refractivity contribution in [3.63, 3.8) is 0 Å². The van der Waals surface area contributed by atoms with E-state index in [4.69, 9.17) is 22.1 Å². The lowest BCUT2D eigenvalue weighted by molar-refractivity contribution is 0.339. The molecule has 0 unspecified atom stereocenters. The summed E-state index contributed by atoms with van der Waals surface area (Å²) in [7, 11) is 0. The summed E-state index contributed by atoms with van der Waals surface area (Å²) in [6.45, 7) is 2.97. The first-order valence-corrected chi connectivity index (χ1v) is 4.18. The summed E-state index contributed by atoms with van der Waals surface area (Å²) in [5.74, 6) is 0.697. The summed E-state index contributed by atoms with van der Waals surface area (Å²) in [6, 6.07) is 6.39. The van der Waals surface area contributed by atoms with Gasteiger partial charge in [-0.25, -0.2) is 0 Å². The van der Waals surface area contributed by atoms with Gasteiger partial charge in [-0.15, -0.1) is 0 Å². The maximum Gasteiger partial charge on any atom is 0.127 e. The molecule has 2 N–H and O–H groups in total. The second kappa shape index (κ2) is 4.33. The van der Waals surface area contributed by atoms with Crippen LogP contribution in [0.4, 0.5) is 0 Å². The van der Waals surface area contributed by atoms with Gasteiger partial charge in [0.15, 0.2) is 0 Å². The second-order valence-corrected chi connectivity index (χ2v) is 2.71. The smallest absolute Gasteiger partial charge is 0.127 e. The number of benzene rings is 1. The van der Waals surface area contributed by atoms with E-state index < -0.39 is 0 Å². The first-order chi connectivity index (χ1) is 5.77. The molecule has 0 fully saturated rings. The molecule has 0 aliphatic rings. The van der Waals surface area contributed by atoms with Gasteiger partial charge in [0.25, 0.3) is 0 Å². The average molecular weight is 185 g/mol. The number of hydrogen-bond donors (Lipinski definition) is 1. The molecule has 1 aromatic carbocycles. The predicted octanol–water partition coefficient (Wildman–Crippen LogP) is 2.00. The fraction of sp³-hybridized carbons (Fsp3) is 0.333. The Morgan fingerprint density at radius 1 is 1.67 bits per heavy atom. The minimum Gasteiger partial charge on any atom is -0.493 e. The van der Waals surface area contributed by atoms with Gasteiger partial charge < -0.3 is 10.5 Å². The van der Waals surface area contributed by atoms with Crippen LogP contribution in [0, 0.1) is 6.07 Å². The molecule has 3 heteroatoms. The van der Waals surface area contributed by atoms with Gasteiger partial charge in [-0.05, 0) is 24.6 Å². The van der Waals surface area contributed by atoms with Crippen LogP contribution in [0.1, 0.15) is 12.5 Å². The highest BCUT2D eigenvalue weighted by Crippen LogP contribution is 2.20. The molecule has 12 heavy (non-hydrogen) atoms. The van der Waals surface area contributed by atoms with E-state index in [0.29, 0.717) is 23.9 Å². The number of halogens is 1. The van der Waals surface area contributed by atoms with E-state index in [9.17, 15) is 0 Å². The Labute approximate surface area is 77.3 Å². The molecule has 0 saturated carbocycles. The van der Waals surface area contributed by atoms with Gasteiger partial charge in [0.1, 0.15) is 5.75 Å². The van der Waals surface area contributed by atoms with Gasteiger partial charge in [0.2, 0.25) is 0 Å². The van der Waals surface area contributed by atoms with E-state index in [0.717, 1.165) is 5.56 Å². The van der Waals surface area contributed by atoms with Crippen molar-refractivity contribution in [2.75, 3.05) is 6.61 Å². The highest BCUT2D eigenvalue weighted by Gasteiger charge is 2.00. The molecule has 0 aromatic heterocycles. The van der Waals surface area contributed by atoms with E-state index in [1.807, 2.05) is 13.0 Å². The lowest BCUT2D eigenvalue weighted by Gasteiger charge is -2.05. The third kappa shape index (κ3) is 2.13. The molecule has 0 aliphatic carbocycles. The van der Waals surface area contributed by atoms with E-state index in [1.54, 1.807) is 6.07 Å². The van der Waals surface area contributed by atoms with Crippen LogP contribution < -0.4 is 10.5 Å². The summed E-state index contributed by atoms with van der Waals surface area (Å²) in [5.41, 5.74) is 6.35. The lowest BCUT2D eigenvalue weighted by atomic mass is 10.2. The minimum absolute atomic E-state index is 0.424. The van der Waals surface area contributed by atoms with Crippen molar-refractivity contribution in [3.05, 3.63) is 28.8 Å². The Balaban J connectivity index is 2.89. The fourth-order valence-electron chi connectivity index (χ4n) is 0.891. The van der Waals surface area contributed by atoms with Gasteiger partial charge in [-0.2, -0.15) is 0 Å². The highest BCUT2D eigenvalue weighted by atomic mass is 35.5. The van der Waals surface area contributed by atoms with Crippen LogP contribution in [0.5, 0.6) is 5.75 Å².